The van der Waals surface area contributed by atoms with E-state index in [2.05, 4.69) is 38.2 Å². The summed E-state index contributed by atoms with van der Waals surface area (Å²) in [6.07, 6.45) is 4.42. The van der Waals surface area contributed by atoms with Crippen LogP contribution in [0.3, 0.4) is 0 Å². The highest BCUT2D eigenvalue weighted by Crippen LogP contribution is 2.41. The molecule has 0 aliphatic carbocycles. The van der Waals surface area contributed by atoms with Crippen molar-refractivity contribution in [3.8, 4) is 16.9 Å². The van der Waals surface area contributed by atoms with Crippen LogP contribution in [0.5, 0.6) is 5.75 Å². The summed E-state index contributed by atoms with van der Waals surface area (Å²) < 4.78 is 17.5. The number of nitrogens with one attached hydrogen (secondary N) is 1. The van der Waals surface area contributed by atoms with Crippen molar-refractivity contribution in [1.29, 1.82) is 0 Å². The first-order chi connectivity index (χ1) is 19.1. The second kappa shape index (κ2) is 11.4. The number of rotatable bonds is 5. The van der Waals surface area contributed by atoms with E-state index < -0.39 is 5.54 Å². The zero-order valence-electron chi connectivity index (χ0n) is 24.0. The van der Waals surface area contributed by atoms with Crippen LogP contribution in [0.25, 0.3) is 11.1 Å². The number of benzene rings is 2. The van der Waals surface area contributed by atoms with Gasteiger partial charge in [-0.25, -0.2) is 4.79 Å². The highest BCUT2D eigenvalue weighted by molar-refractivity contribution is 5.95. The minimum atomic E-state index is -0.615. The Hall–Kier alpha value is -3.10. The van der Waals surface area contributed by atoms with Crippen molar-refractivity contribution in [3.63, 3.8) is 0 Å². The number of hydrogen-bond acceptors (Lipinski definition) is 6. The molecule has 2 amide bonds. The number of ether oxygens (including phenoxy) is 3. The molecule has 0 atom stereocenters. The topological polar surface area (TPSA) is 97.3 Å². The van der Waals surface area contributed by atoms with Gasteiger partial charge in [-0.1, -0.05) is 39.0 Å². The van der Waals surface area contributed by atoms with Crippen LogP contribution in [0.4, 0.5) is 4.79 Å². The van der Waals surface area contributed by atoms with E-state index >= 15 is 0 Å². The second-order valence-corrected chi connectivity index (χ2v) is 12.8. The van der Waals surface area contributed by atoms with Gasteiger partial charge in [0.05, 0.1) is 18.8 Å². The predicted octanol–water partition coefficient (Wildman–Crippen LogP) is 4.97. The first kappa shape index (κ1) is 28.4. The van der Waals surface area contributed by atoms with Gasteiger partial charge in [0.25, 0.3) is 5.91 Å². The van der Waals surface area contributed by atoms with Gasteiger partial charge in [0.2, 0.25) is 0 Å². The van der Waals surface area contributed by atoms with Gasteiger partial charge in [0.1, 0.15) is 11.4 Å². The lowest BCUT2D eigenvalue weighted by molar-refractivity contribution is -0.0171. The van der Waals surface area contributed by atoms with Gasteiger partial charge in [-0.3, -0.25) is 4.79 Å². The summed E-state index contributed by atoms with van der Waals surface area (Å²) in [4.78, 5) is 27.2. The number of hydrogen-bond donors (Lipinski definition) is 2. The number of nitrogens with zero attached hydrogens (tertiary/aromatic N) is 1. The number of piperidine rings is 1. The lowest BCUT2D eigenvalue weighted by Gasteiger charge is -2.44. The normalized spacial score (nSPS) is 19.9. The van der Waals surface area contributed by atoms with Crippen molar-refractivity contribution in [2.75, 3.05) is 39.5 Å². The molecule has 2 aromatic carbocycles. The lowest BCUT2D eigenvalue weighted by atomic mass is 9.82. The Morgan fingerprint density at radius 3 is 2.30 bits per heavy atom. The van der Waals surface area contributed by atoms with E-state index in [1.54, 1.807) is 4.90 Å². The second-order valence-electron chi connectivity index (χ2n) is 12.8. The number of likely N-dealkylation sites (tertiary alicyclic amines) is 1. The van der Waals surface area contributed by atoms with Crippen molar-refractivity contribution in [2.45, 2.75) is 70.4 Å². The Bertz CT molecular complexity index is 1200. The first-order valence-electron chi connectivity index (χ1n) is 14.4. The number of fused-ring (bicyclic) bond motifs is 1. The molecule has 40 heavy (non-hydrogen) atoms. The van der Waals surface area contributed by atoms with E-state index in [1.807, 2.05) is 30.3 Å². The van der Waals surface area contributed by atoms with Crippen LogP contribution in [-0.2, 0) is 15.9 Å². The third kappa shape index (κ3) is 6.44. The molecule has 2 saturated heterocycles. The highest BCUT2D eigenvalue weighted by atomic mass is 16.6. The van der Waals surface area contributed by atoms with Gasteiger partial charge in [0.15, 0.2) is 0 Å². The third-order valence-corrected chi connectivity index (χ3v) is 8.41. The molecule has 2 fully saturated rings. The summed E-state index contributed by atoms with van der Waals surface area (Å²) >= 11 is 0. The average molecular weight is 551 g/mol. The van der Waals surface area contributed by atoms with Crippen LogP contribution in [0.1, 0.15) is 68.8 Å². The molecule has 2 aromatic rings. The van der Waals surface area contributed by atoms with Crippen molar-refractivity contribution < 1.29 is 28.9 Å². The Kier molecular flexibility index (Phi) is 8.11. The maximum atomic E-state index is 12.9. The standard InChI is InChI=1S/C32H42N2O6/c1-30(2,3)22-39-29(37)34-16-12-32(13-17-34)11-10-26-20-25(8-9-27(26)40-32)23-4-6-24(7-5-23)28(36)33-31(21-35)14-18-38-19-15-31/h4-9,20,35H,10-19,21-22H2,1-3H3,(H,33,36). The zero-order chi connectivity index (χ0) is 28.4. The molecule has 0 saturated carbocycles. The minimum Gasteiger partial charge on any atom is -0.487 e. The molecule has 8 nitrogen and oxygen atoms in total. The Morgan fingerprint density at radius 1 is 0.975 bits per heavy atom. The molecule has 0 aromatic heterocycles. The van der Waals surface area contributed by atoms with Crippen LogP contribution in [0, 0.1) is 5.41 Å². The Morgan fingerprint density at radius 2 is 1.65 bits per heavy atom. The van der Waals surface area contributed by atoms with Crippen LogP contribution in [-0.4, -0.2) is 72.7 Å². The van der Waals surface area contributed by atoms with Crippen molar-refractivity contribution in [2.24, 2.45) is 5.41 Å². The van der Waals surface area contributed by atoms with Gasteiger partial charge in [0, 0.05) is 44.7 Å². The molecule has 2 N–H and O–H groups in total. The Balaban J connectivity index is 1.19. The van der Waals surface area contributed by atoms with Gasteiger partial charge in [-0.2, -0.15) is 0 Å². The van der Waals surface area contributed by atoms with Crippen molar-refractivity contribution in [3.05, 3.63) is 53.6 Å². The summed E-state index contributed by atoms with van der Waals surface area (Å²) in [5.41, 5.74) is 2.97. The van der Waals surface area contributed by atoms with E-state index in [4.69, 9.17) is 14.2 Å². The van der Waals surface area contributed by atoms with Crippen LogP contribution in [0.2, 0.25) is 0 Å². The SMILES string of the molecule is CC(C)(C)COC(=O)N1CCC2(CCc3cc(-c4ccc(C(=O)NC5(CO)CCOCC5)cc4)ccc3O2)CC1. The lowest BCUT2D eigenvalue weighted by Crippen LogP contribution is -2.54. The smallest absolute Gasteiger partial charge is 0.409 e. The van der Waals surface area contributed by atoms with E-state index in [1.165, 1.54) is 5.56 Å². The summed E-state index contributed by atoms with van der Waals surface area (Å²) in [5, 5.41) is 12.9. The van der Waals surface area contributed by atoms with Gasteiger partial charge in [-0.15, -0.1) is 0 Å². The fourth-order valence-electron chi connectivity index (χ4n) is 5.73. The molecule has 8 heteroatoms. The van der Waals surface area contributed by atoms with E-state index in [-0.39, 0.29) is 29.6 Å². The highest BCUT2D eigenvalue weighted by Gasteiger charge is 2.41. The molecule has 3 heterocycles. The fraction of sp³-hybridized carbons (Fsp3) is 0.562. The van der Waals surface area contributed by atoms with Gasteiger partial charge >= 0.3 is 6.09 Å². The van der Waals surface area contributed by atoms with Crippen molar-refractivity contribution >= 4 is 12.0 Å². The van der Waals surface area contributed by atoms with E-state index in [0.717, 1.165) is 42.6 Å². The summed E-state index contributed by atoms with van der Waals surface area (Å²) in [6.45, 7) is 8.84. The van der Waals surface area contributed by atoms with Crippen LogP contribution >= 0.6 is 0 Å². The molecule has 1 spiro atoms. The predicted molar refractivity (Wildman–Crippen MR) is 153 cm³/mol. The van der Waals surface area contributed by atoms with Crippen molar-refractivity contribution in [1.82, 2.24) is 10.2 Å². The summed E-state index contributed by atoms with van der Waals surface area (Å²) in [5.74, 6) is 0.737. The average Bonchev–Trinajstić information content (AvgIpc) is 2.96. The van der Waals surface area contributed by atoms with Gasteiger partial charge < -0.3 is 29.5 Å². The molecule has 0 unspecified atom stereocenters. The number of aryl methyl sites for hydroxylation is 1. The first-order valence-corrected chi connectivity index (χ1v) is 14.4. The quantitative estimate of drug-likeness (QED) is 0.546. The summed E-state index contributed by atoms with van der Waals surface area (Å²) in [6, 6.07) is 13.9. The molecule has 216 valence electrons. The minimum absolute atomic E-state index is 0.0488. The fourth-order valence-corrected chi connectivity index (χ4v) is 5.73. The number of aliphatic hydroxyl groups is 1. The number of amides is 2. The molecule has 3 aliphatic heterocycles. The third-order valence-electron chi connectivity index (χ3n) is 8.41. The molecular formula is C32H42N2O6. The zero-order valence-corrected chi connectivity index (χ0v) is 24.0. The number of carbonyl (C=O) groups excluding carboxylic acids is 2. The monoisotopic (exact) mass is 550 g/mol. The number of carbonyl (C=O) groups is 2. The largest absolute Gasteiger partial charge is 0.487 e. The maximum Gasteiger partial charge on any atom is 0.409 e. The van der Waals surface area contributed by atoms with Crippen LogP contribution in [0.15, 0.2) is 42.5 Å². The maximum absolute atomic E-state index is 12.9. The van der Waals surface area contributed by atoms with E-state index in [0.29, 0.717) is 51.3 Å². The molecule has 5 rings (SSSR count). The molecule has 3 aliphatic rings. The van der Waals surface area contributed by atoms with E-state index in [9.17, 15) is 14.7 Å². The summed E-state index contributed by atoms with van der Waals surface area (Å²) in [7, 11) is 0. The van der Waals surface area contributed by atoms with Crippen LogP contribution < -0.4 is 10.1 Å². The molecule has 0 bridgehead atoms. The number of aliphatic hydroxyl groups excluding tert-OH is 1. The molecular weight excluding hydrogens is 508 g/mol. The Labute approximate surface area is 237 Å². The van der Waals surface area contributed by atoms with Gasteiger partial charge in [-0.05, 0) is 72.1 Å². The molecule has 0 radical (unpaired) electrons.